The molecule has 0 spiro atoms. The van der Waals surface area contributed by atoms with E-state index < -0.39 is 29.5 Å². The first-order valence-corrected chi connectivity index (χ1v) is 8.53. The van der Waals surface area contributed by atoms with Crippen LogP contribution < -0.4 is 10.1 Å². The smallest absolute Gasteiger partial charge is 0.343 e. The first kappa shape index (κ1) is 21.5. The lowest BCUT2D eigenvalue weighted by atomic mass is 9.90. The lowest BCUT2D eigenvalue weighted by Crippen LogP contribution is -2.61. The van der Waals surface area contributed by atoms with Crippen molar-refractivity contribution >= 4 is 17.8 Å². The zero-order valence-electron chi connectivity index (χ0n) is 15.9. The summed E-state index contributed by atoms with van der Waals surface area (Å²) in [5.41, 5.74) is -0.397. The molecule has 0 aliphatic rings. The molecule has 7 heteroatoms. The second-order valence-electron chi connectivity index (χ2n) is 6.32. The number of carbonyl (C=O) groups excluding carboxylic acids is 2. The minimum atomic E-state index is -2.12. The third-order valence-electron chi connectivity index (χ3n) is 4.23. The average molecular weight is 365 g/mol. The normalized spacial score (nSPS) is 14.0. The highest BCUT2D eigenvalue weighted by Gasteiger charge is 2.48. The van der Waals surface area contributed by atoms with Gasteiger partial charge < -0.3 is 19.9 Å². The number of hydrogen-bond donors (Lipinski definition) is 2. The van der Waals surface area contributed by atoms with Gasteiger partial charge >= 0.3 is 11.9 Å². The molecule has 2 N–H and O–H groups in total. The van der Waals surface area contributed by atoms with Gasteiger partial charge in [-0.1, -0.05) is 19.1 Å². The van der Waals surface area contributed by atoms with Gasteiger partial charge in [-0.3, -0.25) is 4.79 Å². The number of esters is 1. The summed E-state index contributed by atoms with van der Waals surface area (Å²) in [4.78, 5) is 36.1. The van der Waals surface area contributed by atoms with Crippen molar-refractivity contribution < 1.29 is 29.0 Å². The van der Waals surface area contributed by atoms with E-state index in [0.29, 0.717) is 6.42 Å². The number of carboxylic acids is 1. The molecule has 1 aromatic carbocycles. The Hall–Kier alpha value is -2.57. The van der Waals surface area contributed by atoms with Crippen LogP contribution >= 0.6 is 0 Å². The highest BCUT2D eigenvalue weighted by Crippen LogP contribution is 2.23. The molecule has 0 aliphatic heterocycles. The Bertz CT molecular complexity index is 672. The van der Waals surface area contributed by atoms with Crippen molar-refractivity contribution in [3.05, 3.63) is 29.3 Å². The molecule has 1 aromatic rings. The number of ether oxygens (including phenoxy) is 2. The summed E-state index contributed by atoms with van der Waals surface area (Å²) in [5, 5.41) is 12.0. The van der Waals surface area contributed by atoms with Gasteiger partial charge in [-0.25, -0.2) is 9.59 Å². The lowest BCUT2D eigenvalue weighted by Gasteiger charge is -2.29. The van der Waals surface area contributed by atoms with Crippen molar-refractivity contribution in [2.24, 2.45) is 0 Å². The van der Waals surface area contributed by atoms with Gasteiger partial charge in [-0.05, 0) is 50.3 Å². The third kappa shape index (κ3) is 5.21. The van der Waals surface area contributed by atoms with Crippen LogP contribution in [0.5, 0.6) is 5.75 Å². The van der Waals surface area contributed by atoms with Crippen molar-refractivity contribution in [1.82, 2.24) is 5.32 Å². The zero-order chi connectivity index (χ0) is 19.9. The maximum atomic E-state index is 12.6. The molecule has 26 heavy (non-hydrogen) atoms. The summed E-state index contributed by atoms with van der Waals surface area (Å²) in [6.07, 6.45) is 0.244. The number of carboxylic acid groups (broad SMARTS) is 1. The van der Waals surface area contributed by atoms with Crippen LogP contribution in [0.3, 0.4) is 0 Å². The minimum Gasteiger partial charge on any atom is -0.496 e. The van der Waals surface area contributed by atoms with Crippen LogP contribution in [-0.4, -0.2) is 41.7 Å². The molecular weight excluding hydrogens is 338 g/mol. The van der Waals surface area contributed by atoms with Gasteiger partial charge in [0.2, 0.25) is 11.4 Å². The average Bonchev–Trinajstić information content (AvgIpc) is 2.57. The minimum absolute atomic E-state index is 0.122. The summed E-state index contributed by atoms with van der Waals surface area (Å²) < 4.78 is 10.4. The van der Waals surface area contributed by atoms with E-state index in [0.717, 1.165) is 16.9 Å². The van der Waals surface area contributed by atoms with E-state index >= 15 is 0 Å². The molecule has 0 heterocycles. The van der Waals surface area contributed by atoms with Crippen LogP contribution in [-0.2, 0) is 25.5 Å². The number of nitrogens with one attached hydrogen (secondary N) is 1. The maximum Gasteiger partial charge on any atom is 0.343 e. The molecule has 1 amide bonds. The lowest BCUT2D eigenvalue weighted by molar-refractivity contribution is -0.168. The highest BCUT2D eigenvalue weighted by atomic mass is 16.5. The van der Waals surface area contributed by atoms with Crippen LogP contribution in [0, 0.1) is 6.92 Å². The molecular formula is C19H27NO6. The number of amides is 1. The fraction of sp³-hybridized carbons (Fsp3) is 0.526. The number of benzene rings is 1. The topological polar surface area (TPSA) is 102 Å². The van der Waals surface area contributed by atoms with E-state index in [-0.39, 0.29) is 12.8 Å². The first-order valence-electron chi connectivity index (χ1n) is 8.53. The second-order valence-corrected chi connectivity index (χ2v) is 6.32. The number of aliphatic carboxylic acids is 1. The van der Waals surface area contributed by atoms with E-state index in [1.807, 2.05) is 19.9 Å². The SMILES string of the molecule is CCC(C)OC(=O)C(CCc1ccc(OC)c(C)c1)(NC(C)=O)C(=O)O. The predicted octanol–water partition coefficient (Wildman–Crippen LogP) is 2.24. The first-order chi connectivity index (χ1) is 12.2. The summed E-state index contributed by atoms with van der Waals surface area (Å²) in [7, 11) is 1.57. The van der Waals surface area contributed by atoms with Gasteiger partial charge in [0.15, 0.2) is 0 Å². The van der Waals surface area contributed by atoms with Gasteiger partial charge in [0.25, 0.3) is 0 Å². The van der Waals surface area contributed by atoms with Crippen molar-refractivity contribution in [2.45, 2.75) is 58.6 Å². The molecule has 7 nitrogen and oxygen atoms in total. The molecule has 2 atom stereocenters. The Balaban J connectivity index is 3.11. The number of rotatable bonds is 9. The summed E-state index contributed by atoms with van der Waals surface area (Å²) in [5.74, 6) is -2.29. The zero-order valence-corrected chi connectivity index (χ0v) is 15.9. The molecule has 0 radical (unpaired) electrons. The Morgan fingerprint density at radius 2 is 1.96 bits per heavy atom. The van der Waals surface area contributed by atoms with Crippen LogP contribution in [0.15, 0.2) is 18.2 Å². The fourth-order valence-corrected chi connectivity index (χ4v) is 2.56. The molecule has 0 bridgehead atoms. The van der Waals surface area contributed by atoms with Gasteiger partial charge in [0.1, 0.15) is 5.75 Å². The van der Waals surface area contributed by atoms with Crippen LogP contribution in [0.25, 0.3) is 0 Å². The van der Waals surface area contributed by atoms with E-state index in [1.54, 1.807) is 26.2 Å². The van der Waals surface area contributed by atoms with Gasteiger partial charge in [0.05, 0.1) is 13.2 Å². The largest absolute Gasteiger partial charge is 0.496 e. The molecule has 0 saturated carbocycles. The molecule has 2 unspecified atom stereocenters. The summed E-state index contributed by atoms with van der Waals surface area (Å²) in [6.45, 7) is 6.54. The van der Waals surface area contributed by atoms with E-state index in [2.05, 4.69) is 5.32 Å². The molecule has 0 saturated heterocycles. The Morgan fingerprint density at radius 3 is 2.42 bits per heavy atom. The number of hydrogen-bond acceptors (Lipinski definition) is 5. The quantitative estimate of drug-likeness (QED) is 0.514. The molecule has 144 valence electrons. The van der Waals surface area contributed by atoms with Crippen molar-refractivity contribution in [2.75, 3.05) is 7.11 Å². The highest BCUT2D eigenvalue weighted by molar-refractivity contribution is 6.07. The van der Waals surface area contributed by atoms with Crippen molar-refractivity contribution in [3.63, 3.8) is 0 Å². The van der Waals surface area contributed by atoms with Crippen LogP contribution in [0.2, 0.25) is 0 Å². The number of methoxy groups -OCH3 is 1. The van der Waals surface area contributed by atoms with E-state index in [1.165, 1.54) is 6.92 Å². The van der Waals surface area contributed by atoms with Gasteiger partial charge in [-0.2, -0.15) is 0 Å². The molecule has 0 aromatic heterocycles. The Kier molecular flexibility index (Phi) is 7.61. The second kappa shape index (κ2) is 9.22. The Morgan fingerprint density at radius 1 is 1.31 bits per heavy atom. The molecule has 0 aliphatic carbocycles. The van der Waals surface area contributed by atoms with Crippen molar-refractivity contribution in [3.8, 4) is 5.75 Å². The number of aryl methyl sites for hydroxylation is 2. The Labute approximate surface area is 153 Å². The third-order valence-corrected chi connectivity index (χ3v) is 4.23. The monoisotopic (exact) mass is 365 g/mol. The number of carbonyl (C=O) groups is 3. The predicted molar refractivity (Wildman–Crippen MR) is 96.1 cm³/mol. The van der Waals surface area contributed by atoms with Crippen LogP contribution in [0.4, 0.5) is 0 Å². The fourth-order valence-electron chi connectivity index (χ4n) is 2.56. The van der Waals surface area contributed by atoms with Gasteiger partial charge in [-0.15, -0.1) is 0 Å². The summed E-state index contributed by atoms with van der Waals surface area (Å²) >= 11 is 0. The molecule has 0 fully saturated rings. The standard InChI is InChI=1S/C19H27NO6/c1-6-13(3)26-18(24)19(17(22)23,20-14(4)21)10-9-15-7-8-16(25-5)12(2)11-15/h7-8,11,13H,6,9-10H2,1-5H3,(H,20,21)(H,22,23). The summed E-state index contributed by atoms with van der Waals surface area (Å²) in [6, 6.07) is 5.44. The van der Waals surface area contributed by atoms with Crippen LogP contribution in [0.1, 0.15) is 44.7 Å². The van der Waals surface area contributed by atoms with Gasteiger partial charge in [0, 0.05) is 6.92 Å². The van der Waals surface area contributed by atoms with E-state index in [4.69, 9.17) is 9.47 Å². The van der Waals surface area contributed by atoms with Crippen molar-refractivity contribution in [1.29, 1.82) is 0 Å². The van der Waals surface area contributed by atoms with E-state index in [9.17, 15) is 19.5 Å². The molecule has 1 rings (SSSR count). The maximum absolute atomic E-state index is 12.6.